The summed E-state index contributed by atoms with van der Waals surface area (Å²) >= 11 is 9.02. The highest BCUT2D eigenvalue weighted by Gasteiger charge is 1.86. The molecule has 0 aliphatic rings. The predicted octanol–water partition coefficient (Wildman–Crippen LogP) is 32.4. The molecule has 0 atom stereocenters. The van der Waals surface area contributed by atoms with Crippen LogP contribution in [0.5, 0.6) is 0 Å². The van der Waals surface area contributed by atoms with Gasteiger partial charge in [0.2, 0.25) is 21.1 Å². The van der Waals surface area contributed by atoms with Crippen LogP contribution in [0.2, 0.25) is 6.82 Å². The molecule has 0 spiro atoms. The zero-order chi connectivity index (χ0) is 59.8. The van der Waals surface area contributed by atoms with Crippen LogP contribution in [0.4, 0.5) is 0 Å². The van der Waals surface area contributed by atoms with Gasteiger partial charge < -0.3 is 24.6 Å². The maximum atomic E-state index is 7.61. The molecule has 0 saturated carbocycles. The second kappa shape index (κ2) is 4570. The van der Waals surface area contributed by atoms with Crippen molar-refractivity contribution in [2.75, 3.05) is 38.1 Å². The Labute approximate surface area is 519 Å². The van der Waals surface area contributed by atoms with Gasteiger partial charge in [-0.1, -0.05) is 426 Å². The summed E-state index contributed by atoms with van der Waals surface area (Å²) in [5.41, 5.74) is 0. The molecule has 73 heavy (non-hydrogen) atoms. The SMILES string of the molecule is C.C.C.C.C.C.C.C.C.C.C.CB(O)O.CBr.CBr.CC.CC.CC.CC.CC.CC.CC.CC.CC.CC.CC.CC.CC.CC.CC.CC.CC.CC.CCBr.CCC.CCC.[C-]#[N+]C.[C-]#[N+]C.[C-]#[N+]C. The Morgan fingerprint density at radius 1 is 0.274 bits per heavy atom. The number of hydrogen-bond donors (Lipinski definition) is 2. The number of alkyl halides is 3. The minimum absolute atomic E-state index is 0. The van der Waals surface area contributed by atoms with Gasteiger partial charge in [0.1, 0.15) is 0 Å². The summed E-state index contributed by atoms with van der Waals surface area (Å²) in [6.45, 7) is 101. The highest BCUT2D eigenvalue weighted by Crippen LogP contribution is 1.67. The lowest BCUT2D eigenvalue weighted by atomic mass is 9.99. The first-order chi connectivity index (χ1) is 30.2. The Kier molecular flexibility index (Phi) is 19400. The third-order valence-electron chi connectivity index (χ3n) is 0. The van der Waals surface area contributed by atoms with Crippen LogP contribution in [0, 0.1) is 19.7 Å². The molecule has 500 valence electrons. The first-order valence-electron chi connectivity index (χ1n) is 25.7. The van der Waals surface area contributed by atoms with E-state index in [0.717, 1.165) is 5.33 Å². The van der Waals surface area contributed by atoms with Gasteiger partial charge in [0, 0.05) is 5.33 Å². The van der Waals surface area contributed by atoms with Crippen LogP contribution < -0.4 is 0 Å². The second-order valence-electron chi connectivity index (χ2n) is 2.98. The first-order valence-corrected chi connectivity index (χ1v) is 30.0. The van der Waals surface area contributed by atoms with Crippen LogP contribution in [0.1, 0.15) is 378 Å². The van der Waals surface area contributed by atoms with Gasteiger partial charge in [-0.3, -0.25) is 0 Å². The largest absolute Gasteiger partial charge is 0.448 e. The fourth-order valence-corrected chi connectivity index (χ4v) is 0. The van der Waals surface area contributed by atoms with Gasteiger partial charge in [-0.25, -0.2) is 19.7 Å². The number of hydrogen-bond acceptors (Lipinski definition) is 2. The third kappa shape index (κ3) is 31800000. The summed E-state index contributed by atoms with van der Waals surface area (Å²) in [6, 6.07) is 0. The van der Waals surface area contributed by atoms with Gasteiger partial charge in [-0.2, -0.15) is 0 Å². The summed E-state index contributed by atoms with van der Waals surface area (Å²) in [4.78, 5) is 8.25. The van der Waals surface area contributed by atoms with Crippen molar-refractivity contribution in [1.82, 2.24) is 0 Å². The average Bonchev–Trinajstić information content (AvgIpc) is 3.40. The summed E-state index contributed by atoms with van der Waals surface area (Å²) in [6.07, 6.45) is 2.50. The highest BCUT2D eigenvalue weighted by molar-refractivity contribution is 9.09. The van der Waals surface area contributed by atoms with Crippen LogP contribution in [-0.4, -0.2) is 55.3 Å². The van der Waals surface area contributed by atoms with Crippen molar-refractivity contribution in [3.63, 3.8) is 0 Å². The normalized spacial score (nSPS) is 3.08. The smallest absolute Gasteiger partial charge is 0.427 e. The Balaban J connectivity index is -0.00000000483. The highest BCUT2D eigenvalue weighted by atomic mass is 79.9. The molecule has 0 aliphatic heterocycles. The number of halogens is 3. The van der Waals surface area contributed by atoms with Crippen molar-refractivity contribution in [3.8, 4) is 0 Å². The molecule has 0 heterocycles. The van der Waals surface area contributed by atoms with Gasteiger partial charge in [0.25, 0.3) is 0 Å². The molecule has 5 nitrogen and oxygen atoms in total. The molecule has 0 aromatic heterocycles. The predicted molar refractivity (Wildman–Crippen MR) is 413 cm³/mol. The van der Waals surface area contributed by atoms with E-state index in [2.05, 4.69) is 90.0 Å². The molecule has 0 saturated heterocycles. The molecular weight excluding hydrogens is 1090 g/mol. The lowest BCUT2D eigenvalue weighted by Crippen LogP contribution is -2.00. The summed E-state index contributed by atoms with van der Waals surface area (Å²) in [7, 11) is 3.08. The fourth-order valence-electron chi connectivity index (χ4n) is 0. The van der Waals surface area contributed by atoms with E-state index >= 15 is 0 Å². The van der Waals surface area contributed by atoms with Crippen molar-refractivity contribution in [1.29, 1.82) is 0 Å². The first kappa shape index (κ1) is 309. The second-order valence-corrected chi connectivity index (χ2v) is 4.11. The molecule has 0 aliphatic carbocycles. The van der Waals surface area contributed by atoms with E-state index in [1.54, 1.807) is 0 Å². The van der Waals surface area contributed by atoms with Gasteiger partial charge in [0.15, 0.2) is 0 Å². The third-order valence-corrected chi connectivity index (χ3v) is 0. The molecule has 0 aromatic carbocycles. The van der Waals surface area contributed by atoms with Crippen LogP contribution >= 0.6 is 47.8 Å². The summed E-state index contributed by atoms with van der Waals surface area (Å²) in [5.74, 6) is 3.62. The molecule has 0 rings (SSSR count). The van der Waals surface area contributed by atoms with E-state index in [1.807, 2.05) is 268 Å². The Morgan fingerprint density at radius 3 is 0.274 bits per heavy atom. The van der Waals surface area contributed by atoms with Crippen molar-refractivity contribution in [3.05, 3.63) is 34.3 Å². The van der Waals surface area contributed by atoms with E-state index in [9.17, 15) is 0 Å². The average molecular weight is 1290 g/mol. The molecule has 9 heteroatoms. The molecule has 0 bridgehead atoms. The van der Waals surface area contributed by atoms with E-state index < -0.39 is 7.12 Å². The number of rotatable bonds is 0. The lowest BCUT2D eigenvalue weighted by molar-refractivity contribution is 0.417. The van der Waals surface area contributed by atoms with Crippen molar-refractivity contribution >= 4 is 54.9 Å². The van der Waals surface area contributed by atoms with Gasteiger partial charge in [-0.15, -0.1) is 0 Å². The van der Waals surface area contributed by atoms with Crippen molar-refractivity contribution < 1.29 is 10.0 Å². The molecule has 0 amide bonds. The van der Waals surface area contributed by atoms with Crippen LogP contribution in [0.3, 0.4) is 0 Å². The molecule has 0 fully saturated rings. The summed E-state index contributed by atoms with van der Waals surface area (Å²) in [5, 5.41) is 16.3. The topological polar surface area (TPSA) is 53.5 Å². The Morgan fingerprint density at radius 2 is 0.274 bits per heavy atom. The monoisotopic (exact) mass is 1280 g/mol. The van der Waals surface area contributed by atoms with E-state index in [4.69, 9.17) is 29.8 Å². The number of nitrogens with zero attached hydrogens (tertiary/aromatic N) is 3. The standard InChI is InChI=1S/2C3H8.C2H5Br.3C2H3N.18C2H6.CH5BO2.2CH3Br.11CH4/c2*1-3-2;1-2-3;3*1-3-2;18*1-2;1-2(3)4;2*1-2;;;;;;;;;;;/h2*3H2,1-2H3;2H2,1H3;3*1H3;18*1-2H3;3-4H,1H3;2*1H3;11*1H4. The maximum Gasteiger partial charge on any atom is 0.448 e. The zero-order valence-corrected chi connectivity index (χ0v) is 59.3. The van der Waals surface area contributed by atoms with Crippen LogP contribution in [0.25, 0.3) is 14.5 Å². The van der Waals surface area contributed by atoms with Gasteiger partial charge in [0.05, 0.1) is 0 Å². The molecule has 0 aromatic rings. The maximum absolute atomic E-state index is 7.61. The van der Waals surface area contributed by atoms with Crippen molar-refractivity contribution in [2.24, 2.45) is 0 Å². The van der Waals surface area contributed by atoms with E-state index in [-0.39, 0.29) is 81.7 Å². The van der Waals surface area contributed by atoms with Crippen LogP contribution in [-0.2, 0) is 0 Å². The summed E-state index contributed by atoms with van der Waals surface area (Å²) < 4.78 is 0. The van der Waals surface area contributed by atoms with Crippen molar-refractivity contribution in [2.45, 2.75) is 385 Å². The minimum Gasteiger partial charge on any atom is -0.427 e. The quantitative estimate of drug-likeness (QED) is 0.144. The fraction of sp³-hybridized carbons (Fsp3) is 0.953. The lowest BCUT2D eigenvalue weighted by Gasteiger charge is -1.71. The molecule has 0 radical (unpaired) electrons. The van der Waals surface area contributed by atoms with Gasteiger partial charge in [-0.05, 0) is 18.5 Å². The Hall–Kier alpha value is -0.105. The van der Waals surface area contributed by atoms with Gasteiger partial charge >= 0.3 is 7.12 Å². The van der Waals surface area contributed by atoms with E-state index in [0.29, 0.717) is 0 Å². The van der Waals surface area contributed by atoms with E-state index in [1.165, 1.54) is 40.8 Å². The minimum atomic E-state index is -1.17. The molecular formula is C64H193BBr3N3O2. The molecule has 2 N–H and O–H groups in total. The Bertz CT molecular complexity index is 210. The zero-order valence-electron chi connectivity index (χ0n) is 54.6. The van der Waals surface area contributed by atoms with Crippen LogP contribution in [0.15, 0.2) is 0 Å². The molecule has 0 unspecified atom stereocenters.